The van der Waals surface area contributed by atoms with Gasteiger partial charge in [-0.3, -0.25) is 4.79 Å². The van der Waals surface area contributed by atoms with Gasteiger partial charge in [0, 0.05) is 18.6 Å². The first-order valence-corrected chi connectivity index (χ1v) is 5.23. The third kappa shape index (κ3) is 2.19. The molecule has 0 unspecified atom stereocenters. The van der Waals surface area contributed by atoms with Gasteiger partial charge in [-0.05, 0) is 12.2 Å². The maximum absolute atomic E-state index is 11.5. The average Bonchev–Trinajstić information content (AvgIpc) is 2.85. The highest BCUT2D eigenvalue weighted by atomic mass is 32.1. The fourth-order valence-corrected chi connectivity index (χ4v) is 1.66. The van der Waals surface area contributed by atoms with Gasteiger partial charge in [0.25, 0.3) is 0 Å². The van der Waals surface area contributed by atoms with Gasteiger partial charge in [-0.25, -0.2) is 9.97 Å². The largest absolute Gasteiger partial charge is 0.334 e. The Kier molecular flexibility index (Phi) is 2.73. The molecule has 2 aromatic rings. The van der Waals surface area contributed by atoms with E-state index in [2.05, 4.69) is 9.97 Å². The molecule has 0 N–H and O–H groups in total. The Bertz CT molecular complexity index is 485. The Hall–Kier alpha value is -1.75. The van der Waals surface area contributed by atoms with Gasteiger partial charge in [-0.1, -0.05) is 0 Å². The zero-order valence-electron chi connectivity index (χ0n) is 8.12. The molecule has 0 aromatic carbocycles. The van der Waals surface area contributed by atoms with Crippen molar-refractivity contribution in [2.75, 3.05) is 0 Å². The molecule has 0 aliphatic carbocycles. The van der Waals surface area contributed by atoms with Crippen LogP contribution in [0.2, 0.25) is 0 Å². The van der Waals surface area contributed by atoms with Crippen LogP contribution in [0.25, 0.3) is 6.08 Å². The SMILES string of the molecule is Cn1cncc1/C=C/C(=O)c1nccs1. The Morgan fingerprint density at radius 2 is 2.47 bits per heavy atom. The third-order valence-electron chi connectivity index (χ3n) is 1.90. The third-order valence-corrected chi connectivity index (χ3v) is 2.69. The van der Waals surface area contributed by atoms with Crippen LogP contribution < -0.4 is 0 Å². The summed E-state index contributed by atoms with van der Waals surface area (Å²) in [6.07, 6.45) is 8.25. The van der Waals surface area contributed by atoms with E-state index in [1.165, 1.54) is 17.4 Å². The van der Waals surface area contributed by atoms with Crippen molar-refractivity contribution in [2.24, 2.45) is 7.05 Å². The van der Waals surface area contributed by atoms with Crippen LogP contribution in [0.15, 0.2) is 30.2 Å². The van der Waals surface area contributed by atoms with Gasteiger partial charge in [0.15, 0.2) is 5.01 Å². The van der Waals surface area contributed by atoms with Crippen molar-refractivity contribution in [3.05, 3.63) is 40.9 Å². The first-order chi connectivity index (χ1) is 7.27. The molecule has 76 valence electrons. The minimum atomic E-state index is -0.0776. The fourth-order valence-electron chi connectivity index (χ4n) is 1.11. The summed E-state index contributed by atoms with van der Waals surface area (Å²) in [4.78, 5) is 19.4. The monoisotopic (exact) mass is 219 g/mol. The van der Waals surface area contributed by atoms with Crippen LogP contribution in [0.4, 0.5) is 0 Å². The number of imidazole rings is 1. The van der Waals surface area contributed by atoms with E-state index < -0.39 is 0 Å². The molecule has 2 rings (SSSR count). The van der Waals surface area contributed by atoms with Crippen LogP contribution in [0, 0.1) is 0 Å². The summed E-state index contributed by atoms with van der Waals surface area (Å²) in [6, 6.07) is 0. The molecule has 2 aromatic heterocycles. The molecule has 4 nitrogen and oxygen atoms in total. The molecule has 0 amide bonds. The van der Waals surface area contributed by atoms with E-state index in [0.717, 1.165) is 5.69 Å². The lowest BCUT2D eigenvalue weighted by Crippen LogP contribution is -1.93. The number of allylic oxidation sites excluding steroid dienone is 1. The number of ketones is 1. The van der Waals surface area contributed by atoms with Crippen LogP contribution in [-0.2, 0) is 7.05 Å². The van der Waals surface area contributed by atoms with Crippen molar-refractivity contribution in [1.82, 2.24) is 14.5 Å². The molecule has 0 saturated heterocycles. The smallest absolute Gasteiger partial charge is 0.214 e. The maximum atomic E-state index is 11.5. The number of hydrogen-bond donors (Lipinski definition) is 0. The van der Waals surface area contributed by atoms with E-state index in [-0.39, 0.29) is 5.78 Å². The summed E-state index contributed by atoms with van der Waals surface area (Å²) in [6.45, 7) is 0. The van der Waals surface area contributed by atoms with E-state index in [4.69, 9.17) is 0 Å². The molecule has 0 aliphatic heterocycles. The summed E-state index contributed by atoms with van der Waals surface area (Å²) in [5.74, 6) is -0.0776. The van der Waals surface area contributed by atoms with E-state index >= 15 is 0 Å². The summed E-state index contributed by atoms with van der Waals surface area (Å²) >= 11 is 1.34. The lowest BCUT2D eigenvalue weighted by Gasteiger charge is -1.92. The second kappa shape index (κ2) is 4.18. The molecule has 0 atom stereocenters. The van der Waals surface area contributed by atoms with E-state index in [1.54, 1.807) is 30.2 Å². The van der Waals surface area contributed by atoms with Crippen LogP contribution in [-0.4, -0.2) is 20.3 Å². The Balaban J connectivity index is 2.13. The standard InChI is InChI=1S/C10H9N3OS/c1-13-7-11-6-8(13)2-3-9(14)10-12-4-5-15-10/h2-7H,1H3/b3-2+. The van der Waals surface area contributed by atoms with Crippen molar-refractivity contribution in [3.63, 3.8) is 0 Å². The number of aromatic nitrogens is 3. The van der Waals surface area contributed by atoms with Crippen molar-refractivity contribution < 1.29 is 4.79 Å². The van der Waals surface area contributed by atoms with Crippen molar-refractivity contribution in [3.8, 4) is 0 Å². The first kappa shape index (κ1) is 9.79. The highest BCUT2D eigenvalue weighted by Crippen LogP contribution is 2.07. The number of thiazole rings is 1. The number of carbonyl (C=O) groups excluding carboxylic acids is 1. The fraction of sp³-hybridized carbons (Fsp3) is 0.100. The van der Waals surface area contributed by atoms with Gasteiger partial charge in [0.05, 0.1) is 18.2 Å². The van der Waals surface area contributed by atoms with Gasteiger partial charge in [0.1, 0.15) is 0 Å². The first-order valence-electron chi connectivity index (χ1n) is 4.35. The molecule has 15 heavy (non-hydrogen) atoms. The molecule has 0 bridgehead atoms. The highest BCUT2D eigenvalue weighted by Gasteiger charge is 2.03. The summed E-state index contributed by atoms with van der Waals surface area (Å²) in [7, 11) is 1.88. The zero-order chi connectivity index (χ0) is 10.7. The summed E-state index contributed by atoms with van der Waals surface area (Å²) in [5.41, 5.74) is 0.889. The predicted octanol–water partition coefficient (Wildman–Crippen LogP) is 1.77. The van der Waals surface area contributed by atoms with Crippen molar-refractivity contribution in [2.45, 2.75) is 0 Å². The zero-order valence-corrected chi connectivity index (χ0v) is 8.94. The lowest BCUT2D eigenvalue weighted by atomic mass is 10.3. The molecular weight excluding hydrogens is 210 g/mol. The van der Waals surface area contributed by atoms with E-state index in [9.17, 15) is 4.79 Å². The topological polar surface area (TPSA) is 47.8 Å². The van der Waals surface area contributed by atoms with E-state index in [0.29, 0.717) is 5.01 Å². The average molecular weight is 219 g/mol. The van der Waals surface area contributed by atoms with E-state index in [1.807, 2.05) is 11.6 Å². The molecule has 0 spiro atoms. The Morgan fingerprint density at radius 3 is 3.07 bits per heavy atom. The van der Waals surface area contributed by atoms with Crippen molar-refractivity contribution in [1.29, 1.82) is 0 Å². The number of carbonyl (C=O) groups is 1. The Morgan fingerprint density at radius 1 is 1.60 bits per heavy atom. The van der Waals surface area contributed by atoms with Gasteiger partial charge in [0.2, 0.25) is 5.78 Å². The minimum Gasteiger partial charge on any atom is -0.334 e. The van der Waals surface area contributed by atoms with Crippen LogP contribution in [0.1, 0.15) is 15.5 Å². The van der Waals surface area contributed by atoms with Gasteiger partial charge < -0.3 is 4.57 Å². The molecule has 2 heterocycles. The van der Waals surface area contributed by atoms with Gasteiger partial charge in [-0.2, -0.15) is 0 Å². The van der Waals surface area contributed by atoms with Gasteiger partial charge >= 0.3 is 0 Å². The summed E-state index contributed by atoms with van der Waals surface area (Å²) < 4.78 is 1.84. The molecule has 5 heteroatoms. The highest BCUT2D eigenvalue weighted by molar-refractivity contribution is 7.11. The number of hydrogen-bond acceptors (Lipinski definition) is 4. The quantitative estimate of drug-likeness (QED) is 0.584. The predicted molar refractivity (Wildman–Crippen MR) is 58.7 cm³/mol. The van der Waals surface area contributed by atoms with Crippen molar-refractivity contribution >= 4 is 23.2 Å². The second-order valence-electron chi connectivity index (χ2n) is 2.96. The number of aryl methyl sites for hydroxylation is 1. The normalized spacial score (nSPS) is 11.0. The molecule has 0 saturated carbocycles. The number of rotatable bonds is 3. The molecule has 0 fully saturated rings. The molecular formula is C10H9N3OS. The lowest BCUT2D eigenvalue weighted by molar-refractivity contribution is 0.104. The molecule has 0 radical (unpaired) electrons. The van der Waals surface area contributed by atoms with Crippen LogP contribution in [0.3, 0.4) is 0 Å². The number of nitrogens with zero attached hydrogens (tertiary/aromatic N) is 3. The second-order valence-corrected chi connectivity index (χ2v) is 3.86. The Labute approximate surface area is 90.9 Å². The van der Waals surface area contributed by atoms with Crippen LogP contribution >= 0.6 is 11.3 Å². The maximum Gasteiger partial charge on any atom is 0.214 e. The minimum absolute atomic E-state index is 0.0776. The molecule has 0 aliphatic rings. The van der Waals surface area contributed by atoms with Crippen LogP contribution in [0.5, 0.6) is 0 Å². The summed E-state index contributed by atoms with van der Waals surface area (Å²) in [5, 5.41) is 2.29. The van der Waals surface area contributed by atoms with Gasteiger partial charge in [-0.15, -0.1) is 11.3 Å².